The molecule has 1 aliphatic rings. The molecule has 1 aliphatic heterocycles. The van der Waals surface area contributed by atoms with Crippen molar-refractivity contribution in [3.63, 3.8) is 0 Å². The summed E-state index contributed by atoms with van der Waals surface area (Å²) in [5.74, 6) is 0.903. The molecule has 2 aromatic rings. The van der Waals surface area contributed by atoms with E-state index in [2.05, 4.69) is 30.4 Å². The zero-order valence-electron chi connectivity index (χ0n) is 10.8. The molecular formula is C12H16N6S. The number of nitrogens with one attached hydrogen (secondary N) is 1. The highest BCUT2D eigenvalue weighted by atomic mass is 32.1. The molecule has 0 aliphatic carbocycles. The number of rotatable bonds is 3. The zero-order valence-corrected chi connectivity index (χ0v) is 11.6. The molecule has 3 heterocycles. The molecule has 0 unspecified atom stereocenters. The monoisotopic (exact) mass is 276 g/mol. The van der Waals surface area contributed by atoms with Gasteiger partial charge in [0, 0.05) is 25.3 Å². The van der Waals surface area contributed by atoms with E-state index < -0.39 is 0 Å². The first-order valence-electron chi connectivity index (χ1n) is 6.39. The molecule has 1 saturated heterocycles. The third kappa shape index (κ3) is 2.98. The number of aryl methyl sites for hydroxylation is 1. The second-order valence-corrected chi connectivity index (χ2v) is 5.76. The van der Waals surface area contributed by atoms with Gasteiger partial charge in [0.15, 0.2) is 0 Å². The quantitative estimate of drug-likeness (QED) is 0.920. The predicted molar refractivity (Wildman–Crippen MR) is 75.5 cm³/mol. The van der Waals surface area contributed by atoms with Gasteiger partial charge in [-0.25, -0.2) is 9.97 Å². The molecule has 3 rings (SSSR count). The van der Waals surface area contributed by atoms with Gasteiger partial charge in [0.05, 0.1) is 0 Å². The molecule has 7 heteroatoms. The molecule has 100 valence electrons. The molecule has 19 heavy (non-hydrogen) atoms. The van der Waals surface area contributed by atoms with E-state index in [0.717, 1.165) is 41.9 Å². The zero-order chi connectivity index (χ0) is 13.1. The smallest absolute Gasteiger partial charge is 0.208 e. The molecule has 1 N–H and O–H groups in total. The van der Waals surface area contributed by atoms with E-state index in [4.69, 9.17) is 0 Å². The van der Waals surface area contributed by atoms with Crippen molar-refractivity contribution in [1.29, 1.82) is 0 Å². The Labute approximate surface area is 115 Å². The van der Waals surface area contributed by atoms with Crippen molar-refractivity contribution in [2.75, 3.05) is 23.3 Å². The lowest BCUT2D eigenvalue weighted by atomic mass is 10.1. The van der Waals surface area contributed by atoms with Gasteiger partial charge in [-0.1, -0.05) is 11.3 Å². The molecule has 0 radical (unpaired) electrons. The fraction of sp³-hybridized carbons (Fsp3) is 0.500. The largest absolute Gasteiger partial charge is 0.367 e. The topological polar surface area (TPSA) is 66.8 Å². The van der Waals surface area contributed by atoms with E-state index in [9.17, 15) is 0 Å². The van der Waals surface area contributed by atoms with Gasteiger partial charge >= 0.3 is 0 Å². The van der Waals surface area contributed by atoms with Crippen molar-refractivity contribution in [3.8, 4) is 0 Å². The number of hydrogen-bond donors (Lipinski definition) is 1. The Morgan fingerprint density at radius 3 is 2.79 bits per heavy atom. The minimum absolute atomic E-state index is 0.472. The Morgan fingerprint density at radius 2 is 2.16 bits per heavy atom. The van der Waals surface area contributed by atoms with Gasteiger partial charge in [0.2, 0.25) is 5.13 Å². The number of anilines is 2. The van der Waals surface area contributed by atoms with Gasteiger partial charge in [-0.15, -0.1) is 10.2 Å². The molecule has 6 nitrogen and oxygen atoms in total. The van der Waals surface area contributed by atoms with Crippen LogP contribution in [0, 0.1) is 6.92 Å². The summed E-state index contributed by atoms with van der Waals surface area (Å²) in [6.07, 6.45) is 5.50. The summed E-state index contributed by atoms with van der Waals surface area (Å²) < 4.78 is 0. The van der Waals surface area contributed by atoms with Crippen LogP contribution in [0.2, 0.25) is 0 Å². The maximum Gasteiger partial charge on any atom is 0.208 e. The average Bonchev–Trinajstić information content (AvgIpc) is 2.87. The summed E-state index contributed by atoms with van der Waals surface area (Å²) in [7, 11) is 0. The Bertz CT molecular complexity index is 520. The maximum atomic E-state index is 4.20. The van der Waals surface area contributed by atoms with Crippen LogP contribution in [0.4, 0.5) is 10.9 Å². The van der Waals surface area contributed by atoms with Crippen LogP contribution in [0.1, 0.15) is 17.8 Å². The van der Waals surface area contributed by atoms with E-state index in [-0.39, 0.29) is 0 Å². The fourth-order valence-corrected chi connectivity index (χ4v) is 2.95. The van der Waals surface area contributed by atoms with Crippen LogP contribution in [0.5, 0.6) is 0 Å². The van der Waals surface area contributed by atoms with E-state index in [1.54, 1.807) is 23.9 Å². The van der Waals surface area contributed by atoms with Gasteiger partial charge in [0.25, 0.3) is 0 Å². The lowest BCUT2D eigenvalue weighted by Gasteiger charge is -2.32. The van der Waals surface area contributed by atoms with E-state index in [1.165, 1.54) is 0 Å². The molecular weight excluding hydrogens is 260 g/mol. The SMILES string of the molecule is Cc1nnc(N2CCC(Nc3ccncn3)CC2)s1. The Kier molecular flexibility index (Phi) is 3.54. The van der Waals surface area contributed by atoms with Crippen LogP contribution in [-0.4, -0.2) is 39.3 Å². The summed E-state index contributed by atoms with van der Waals surface area (Å²) in [6.45, 7) is 4.01. The first-order chi connectivity index (χ1) is 9.31. The van der Waals surface area contributed by atoms with Crippen molar-refractivity contribution >= 4 is 22.3 Å². The molecule has 2 aromatic heterocycles. The van der Waals surface area contributed by atoms with Crippen LogP contribution in [0.15, 0.2) is 18.6 Å². The third-order valence-electron chi connectivity index (χ3n) is 3.21. The number of nitrogens with zero attached hydrogens (tertiary/aromatic N) is 5. The van der Waals surface area contributed by atoms with Crippen molar-refractivity contribution in [2.24, 2.45) is 0 Å². The Morgan fingerprint density at radius 1 is 1.32 bits per heavy atom. The molecule has 0 saturated carbocycles. The molecule has 0 spiro atoms. The number of aromatic nitrogens is 4. The number of piperidine rings is 1. The minimum atomic E-state index is 0.472. The second kappa shape index (κ2) is 5.48. The molecule has 0 amide bonds. The van der Waals surface area contributed by atoms with Crippen LogP contribution in [0.25, 0.3) is 0 Å². The Hall–Kier alpha value is -1.76. The van der Waals surface area contributed by atoms with E-state index in [0.29, 0.717) is 6.04 Å². The first-order valence-corrected chi connectivity index (χ1v) is 7.20. The third-order valence-corrected chi connectivity index (χ3v) is 4.11. The molecule has 1 fully saturated rings. The normalized spacial score (nSPS) is 16.6. The lowest BCUT2D eigenvalue weighted by Crippen LogP contribution is -2.39. The minimum Gasteiger partial charge on any atom is -0.367 e. The first kappa shape index (κ1) is 12.3. The number of hydrogen-bond acceptors (Lipinski definition) is 7. The predicted octanol–water partition coefficient (Wildman–Crippen LogP) is 1.72. The molecule has 0 aromatic carbocycles. The summed E-state index contributed by atoms with van der Waals surface area (Å²) in [5, 5.41) is 13.8. The van der Waals surface area contributed by atoms with Gasteiger partial charge in [-0.3, -0.25) is 0 Å². The standard InChI is InChI=1S/C12H16N6S/c1-9-16-17-12(19-9)18-6-3-10(4-7-18)15-11-2-5-13-8-14-11/h2,5,8,10H,3-4,6-7H2,1H3,(H,13,14,15). The maximum absolute atomic E-state index is 4.20. The molecule has 0 bridgehead atoms. The van der Waals surface area contributed by atoms with E-state index >= 15 is 0 Å². The fourth-order valence-electron chi connectivity index (χ4n) is 2.21. The highest BCUT2D eigenvalue weighted by Gasteiger charge is 2.21. The van der Waals surface area contributed by atoms with Gasteiger partial charge in [0.1, 0.15) is 17.2 Å². The van der Waals surface area contributed by atoms with Gasteiger partial charge in [-0.2, -0.15) is 0 Å². The van der Waals surface area contributed by atoms with Crippen molar-refractivity contribution in [3.05, 3.63) is 23.6 Å². The van der Waals surface area contributed by atoms with E-state index in [1.807, 2.05) is 13.0 Å². The average molecular weight is 276 g/mol. The summed E-state index contributed by atoms with van der Waals surface area (Å²) >= 11 is 1.66. The van der Waals surface area contributed by atoms with Crippen LogP contribution in [0.3, 0.4) is 0 Å². The summed E-state index contributed by atoms with van der Waals surface area (Å²) in [5.41, 5.74) is 0. The lowest BCUT2D eigenvalue weighted by molar-refractivity contribution is 0.524. The highest BCUT2D eigenvalue weighted by Crippen LogP contribution is 2.24. The van der Waals surface area contributed by atoms with Gasteiger partial charge in [-0.05, 0) is 25.8 Å². The van der Waals surface area contributed by atoms with Crippen LogP contribution in [-0.2, 0) is 0 Å². The second-order valence-electron chi connectivity index (χ2n) is 4.60. The summed E-state index contributed by atoms with van der Waals surface area (Å²) in [6, 6.07) is 2.38. The Balaban J connectivity index is 1.55. The van der Waals surface area contributed by atoms with Crippen LogP contribution >= 0.6 is 11.3 Å². The van der Waals surface area contributed by atoms with Crippen molar-refractivity contribution in [2.45, 2.75) is 25.8 Å². The van der Waals surface area contributed by atoms with Crippen molar-refractivity contribution in [1.82, 2.24) is 20.2 Å². The summed E-state index contributed by atoms with van der Waals surface area (Å²) in [4.78, 5) is 10.4. The highest BCUT2D eigenvalue weighted by molar-refractivity contribution is 7.15. The van der Waals surface area contributed by atoms with Crippen LogP contribution < -0.4 is 10.2 Å². The van der Waals surface area contributed by atoms with Crippen molar-refractivity contribution < 1.29 is 0 Å². The molecule has 0 atom stereocenters. The van der Waals surface area contributed by atoms with Gasteiger partial charge < -0.3 is 10.2 Å².